The van der Waals surface area contributed by atoms with Crippen LogP contribution in [0.15, 0.2) is 29.2 Å². The fraction of sp³-hybridized carbons (Fsp3) is 0.417. The zero-order valence-electron chi connectivity index (χ0n) is 11.4. The third kappa shape index (κ3) is 3.49. The molecule has 1 unspecified atom stereocenters. The number of carbonyl (C=O) groups is 1. The predicted octanol–water partition coefficient (Wildman–Crippen LogP) is 1.64. The highest BCUT2D eigenvalue weighted by atomic mass is 32.2. The number of amides is 1. The van der Waals surface area contributed by atoms with E-state index in [1.54, 1.807) is 12.1 Å². The van der Waals surface area contributed by atoms with E-state index < -0.39 is 20.5 Å². The van der Waals surface area contributed by atoms with Crippen LogP contribution in [0.4, 0.5) is 4.79 Å². The van der Waals surface area contributed by atoms with Crippen LogP contribution in [0, 0.1) is 0 Å². The fourth-order valence-electron chi connectivity index (χ4n) is 2.17. The van der Waals surface area contributed by atoms with E-state index in [1.165, 1.54) is 29.0 Å². The van der Waals surface area contributed by atoms with Crippen LogP contribution < -0.4 is 10.2 Å². The number of methoxy groups -OCH3 is 1. The van der Waals surface area contributed by atoms with Crippen molar-refractivity contribution in [1.29, 1.82) is 0 Å². The number of carbonyl (C=O) groups excluding carboxylic acids is 1. The Labute approximate surface area is 127 Å². The lowest BCUT2D eigenvalue weighted by atomic mass is 10.3. The minimum absolute atomic E-state index is 0.185. The molecule has 1 fully saturated rings. The van der Waals surface area contributed by atoms with Gasteiger partial charge in [0.1, 0.15) is 11.1 Å². The Kier molecular flexibility index (Phi) is 5.09. The largest absolute Gasteiger partial charge is 0.497 e. The molecule has 1 aromatic carbocycles. The highest BCUT2D eigenvalue weighted by Crippen LogP contribution is 2.33. The lowest BCUT2D eigenvalue weighted by Crippen LogP contribution is -2.33. The number of ether oxygens (including phenoxy) is 1. The van der Waals surface area contributed by atoms with Crippen LogP contribution in [0.3, 0.4) is 0 Å². The first-order valence-electron chi connectivity index (χ1n) is 6.25. The van der Waals surface area contributed by atoms with Gasteiger partial charge in [0.25, 0.3) is 0 Å². The van der Waals surface area contributed by atoms with Gasteiger partial charge in [0.05, 0.1) is 12.0 Å². The number of hydroxylamine groups is 1. The lowest BCUT2D eigenvalue weighted by molar-refractivity contribution is 0.180. The molecule has 1 saturated heterocycles. The first kappa shape index (κ1) is 16.1. The van der Waals surface area contributed by atoms with Crippen LogP contribution in [0.2, 0.25) is 0 Å². The van der Waals surface area contributed by atoms with Crippen LogP contribution in [-0.2, 0) is 9.84 Å². The van der Waals surface area contributed by atoms with Crippen molar-refractivity contribution in [3.63, 3.8) is 0 Å². The van der Waals surface area contributed by atoms with Gasteiger partial charge in [-0.1, -0.05) is 0 Å². The second-order valence-corrected chi connectivity index (χ2v) is 7.58. The summed E-state index contributed by atoms with van der Waals surface area (Å²) in [5.74, 6) is 0.575. The number of nitrogens with one attached hydrogen (secondary N) is 1. The Bertz CT molecular complexity index is 603. The van der Waals surface area contributed by atoms with E-state index in [2.05, 4.69) is 0 Å². The van der Waals surface area contributed by atoms with Crippen molar-refractivity contribution in [2.24, 2.45) is 0 Å². The summed E-state index contributed by atoms with van der Waals surface area (Å²) in [6, 6.07) is 6.14. The van der Waals surface area contributed by atoms with Gasteiger partial charge in [-0.25, -0.2) is 18.2 Å². The molecule has 1 aliphatic heterocycles. The molecule has 7 nitrogen and oxygen atoms in total. The quantitative estimate of drug-likeness (QED) is 0.491. The molecule has 0 aromatic heterocycles. The van der Waals surface area contributed by atoms with E-state index in [4.69, 9.17) is 9.94 Å². The molecule has 0 saturated carbocycles. The zero-order chi connectivity index (χ0) is 15.5. The fourth-order valence-corrected chi connectivity index (χ4v) is 5.06. The second kappa shape index (κ2) is 6.65. The van der Waals surface area contributed by atoms with E-state index in [0.717, 1.165) is 0 Å². The van der Waals surface area contributed by atoms with Gasteiger partial charge in [0.15, 0.2) is 9.84 Å². The molecule has 0 spiro atoms. The van der Waals surface area contributed by atoms with E-state index in [0.29, 0.717) is 37.1 Å². The molecule has 1 heterocycles. The summed E-state index contributed by atoms with van der Waals surface area (Å²) in [7, 11) is -2.07. The monoisotopic (exact) mass is 332 g/mol. The van der Waals surface area contributed by atoms with Gasteiger partial charge in [-0.05, 0) is 37.1 Å². The average Bonchev–Trinajstić information content (AvgIpc) is 2.96. The number of hydrogen-bond acceptors (Lipinski definition) is 7. The molecule has 1 aliphatic rings. The van der Waals surface area contributed by atoms with Crippen molar-refractivity contribution in [2.75, 3.05) is 13.7 Å². The average molecular weight is 332 g/mol. The first-order chi connectivity index (χ1) is 9.98. The topological polar surface area (TPSA) is 95.9 Å². The Morgan fingerprint density at radius 3 is 2.67 bits per heavy atom. The van der Waals surface area contributed by atoms with Crippen molar-refractivity contribution >= 4 is 27.0 Å². The van der Waals surface area contributed by atoms with E-state index in [1.807, 2.05) is 0 Å². The summed E-state index contributed by atoms with van der Waals surface area (Å²) in [5, 5.41) is 7.06. The Hall–Kier alpha value is -1.29. The molecular formula is C12H16N2O5S2. The van der Waals surface area contributed by atoms with Crippen molar-refractivity contribution in [1.82, 2.24) is 9.79 Å². The molecular weight excluding hydrogens is 316 g/mol. The smallest absolute Gasteiger partial charge is 0.317 e. The highest BCUT2D eigenvalue weighted by molar-refractivity contribution is 8.12. The number of rotatable bonds is 4. The summed E-state index contributed by atoms with van der Waals surface area (Å²) in [5.41, 5.74) is 1.49. The summed E-state index contributed by atoms with van der Waals surface area (Å²) < 4.78 is 31.7. The van der Waals surface area contributed by atoms with E-state index in [-0.39, 0.29) is 4.90 Å². The standard InChI is InChI=1S/C12H16N2O5S2/c1-19-9-4-6-10(7-5-9)21(17,18)11-3-2-8-14(11)20-12(15)13-16/h4-7,11,16H,2-3,8H2,1H3,(H,13,15). The normalized spacial score (nSPS) is 19.4. The van der Waals surface area contributed by atoms with Crippen molar-refractivity contribution < 1.29 is 23.2 Å². The summed E-state index contributed by atoms with van der Waals surface area (Å²) in [6.07, 6.45) is 1.12. The van der Waals surface area contributed by atoms with Crippen molar-refractivity contribution in [3.05, 3.63) is 24.3 Å². The molecule has 0 bridgehead atoms. The van der Waals surface area contributed by atoms with Gasteiger partial charge < -0.3 is 4.74 Å². The van der Waals surface area contributed by atoms with Gasteiger partial charge in [-0.15, -0.1) is 0 Å². The number of benzene rings is 1. The number of hydrogen-bond donors (Lipinski definition) is 2. The molecule has 1 aromatic rings. The maximum absolute atomic E-state index is 12.6. The van der Waals surface area contributed by atoms with E-state index >= 15 is 0 Å². The molecule has 1 amide bonds. The van der Waals surface area contributed by atoms with Gasteiger partial charge in [-0.2, -0.15) is 0 Å². The van der Waals surface area contributed by atoms with Gasteiger partial charge >= 0.3 is 5.24 Å². The van der Waals surface area contributed by atoms with Crippen LogP contribution in [0.1, 0.15) is 12.8 Å². The highest BCUT2D eigenvalue weighted by Gasteiger charge is 2.38. The molecule has 1 atom stereocenters. The van der Waals surface area contributed by atoms with Crippen LogP contribution >= 0.6 is 11.9 Å². The minimum Gasteiger partial charge on any atom is -0.497 e. The van der Waals surface area contributed by atoms with Crippen LogP contribution in [0.5, 0.6) is 5.75 Å². The Morgan fingerprint density at radius 2 is 2.10 bits per heavy atom. The maximum Gasteiger partial charge on any atom is 0.317 e. The summed E-state index contributed by atoms with van der Waals surface area (Å²) in [4.78, 5) is 11.4. The molecule has 0 radical (unpaired) electrons. The van der Waals surface area contributed by atoms with Gasteiger partial charge in [0, 0.05) is 18.5 Å². The van der Waals surface area contributed by atoms with Crippen molar-refractivity contribution in [3.8, 4) is 5.75 Å². The predicted molar refractivity (Wildman–Crippen MR) is 77.8 cm³/mol. The van der Waals surface area contributed by atoms with E-state index in [9.17, 15) is 13.2 Å². The molecule has 21 heavy (non-hydrogen) atoms. The van der Waals surface area contributed by atoms with Crippen LogP contribution in [-0.4, -0.2) is 42.2 Å². The molecule has 0 aliphatic carbocycles. The molecule has 9 heteroatoms. The Balaban J connectivity index is 2.22. The summed E-state index contributed by atoms with van der Waals surface area (Å²) in [6.45, 7) is 0.470. The third-order valence-electron chi connectivity index (χ3n) is 3.19. The zero-order valence-corrected chi connectivity index (χ0v) is 13.0. The van der Waals surface area contributed by atoms with Gasteiger partial charge in [0.2, 0.25) is 0 Å². The van der Waals surface area contributed by atoms with Crippen molar-refractivity contribution in [2.45, 2.75) is 23.1 Å². The maximum atomic E-state index is 12.6. The van der Waals surface area contributed by atoms with Gasteiger partial charge in [-0.3, -0.25) is 10.0 Å². The molecule has 2 N–H and O–H groups in total. The SMILES string of the molecule is COc1ccc(S(=O)(=O)C2CCCN2SC(=O)NO)cc1. The Morgan fingerprint density at radius 1 is 1.43 bits per heavy atom. The third-order valence-corrected chi connectivity index (χ3v) is 6.39. The second-order valence-electron chi connectivity index (χ2n) is 4.45. The number of nitrogens with zero attached hydrogens (tertiary/aromatic N) is 1. The molecule has 2 rings (SSSR count). The van der Waals surface area contributed by atoms with Crippen LogP contribution in [0.25, 0.3) is 0 Å². The molecule has 116 valence electrons. The first-order valence-corrected chi connectivity index (χ1v) is 8.57. The summed E-state index contributed by atoms with van der Waals surface area (Å²) >= 11 is 0.674. The minimum atomic E-state index is -3.58. The number of sulfone groups is 1. The lowest BCUT2D eigenvalue weighted by Gasteiger charge is -2.22.